The zero-order valence-corrected chi connectivity index (χ0v) is 16.3. The van der Waals surface area contributed by atoms with Crippen LogP contribution in [-0.4, -0.2) is 34.3 Å². The zero-order chi connectivity index (χ0) is 18.8. The van der Waals surface area contributed by atoms with Crippen molar-refractivity contribution in [2.45, 2.75) is 51.5 Å². The van der Waals surface area contributed by atoms with Gasteiger partial charge in [-0.15, -0.1) is 11.3 Å². The van der Waals surface area contributed by atoms with Gasteiger partial charge in [0.25, 0.3) is 5.91 Å². The third kappa shape index (κ3) is 4.08. The maximum Gasteiger partial charge on any atom is 0.293 e. The highest BCUT2D eigenvalue weighted by Gasteiger charge is 2.37. The number of amides is 2. The molecule has 0 radical (unpaired) electrons. The minimum Gasteiger partial charge on any atom is -0.459 e. The number of nitrogens with one attached hydrogen (secondary N) is 1. The summed E-state index contributed by atoms with van der Waals surface area (Å²) in [5.74, 6) is 1.51. The van der Waals surface area contributed by atoms with E-state index in [4.69, 9.17) is 4.42 Å². The van der Waals surface area contributed by atoms with E-state index in [0.29, 0.717) is 29.2 Å². The number of anilines is 1. The minimum absolute atomic E-state index is 0.161. The quantitative estimate of drug-likeness (QED) is 0.862. The molecule has 1 N–H and O–H groups in total. The molecule has 0 unspecified atom stereocenters. The maximum atomic E-state index is 12.9. The number of carbonyl (C=O) groups is 2. The van der Waals surface area contributed by atoms with Gasteiger partial charge in [-0.1, -0.05) is 6.92 Å². The van der Waals surface area contributed by atoms with Crippen molar-refractivity contribution in [1.29, 1.82) is 0 Å². The molecule has 2 amide bonds. The number of likely N-dealkylation sites (tertiary alicyclic amines) is 1. The molecular weight excluding hydrogens is 362 g/mol. The minimum atomic E-state index is -0.331. The summed E-state index contributed by atoms with van der Waals surface area (Å²) < 4.78 is 5.08. The van der Waals surface area contributed by atoms with Gasteiger partial charge in [0.15, 0.2) is 10.9 Å². The molecule has 1 aliphatic heterocycles. The average molecular weight is 388 g/mol. The molecule has 27 heavy (non-hydrogen) atoms. The Kier molecular flexibility index (Phi) is 5.29. The van der Waals surface area contributed by atoms with Crippen LogP contribution in [0.1, 0.15) is 55.3 Å². The molecule has 0 bridgehead atoms. The largest absolute Gasteiger partial charge is 0.459 e. The first-order chi connectivity index (χ1) is 13.1. The smallest absolute Gasteiger partial charge is 0.293 e. The van der Waals surface area contributed by atoms with Crippen LogP contribution in [0.15, 0.2) is 28.2 Å². The lowest BCUT2D eigenvalue weighted by Crippen LogP contribution is -2.51. The van der Waals surface area contributed by atoms with Crippen LogP contribution in [0.25, 0.3) is 0 Å². The van der Waals surface area contributed by atoms with Crippen LogP contribution in [0, 0.1) is 11.8 Å². The average Bonchev–Trinajstić information content (AvgIpc) is 3.33. The topological polar surface area (TPSA) is 75.4 Å². The number of rotatable bonds is 4. The number of hydrogen-bond acceptors (Lipinski definition) is 5. The lowest BCUT2D eigenvalue weighted by molar-refractivity contribution is -0.137. The molecule has 2 aromatic heterocycles. The highest BCUT2D eigenvalue weighted by Crippen LogP contribution is 2.38. The molecule has 2 aliphatic rings. The number of nitrogens with zero attached hydrogens (tertiary/aromatic N) is 2. The Morgan fingerprint density at radius 3 is 3.07 bits per heavy atom. The van der Waals surface area contributed by atoms with Gasteiger partial charge in [-0.2, -0.15) is 0 Å². The summed E-state index contributed by atoms with van der Waals surface area (Å²) in [5.41, 5.74) is 0.714. The van der Waals surface area contributed by atoms with Crippen LogP contribution < -0.4 is 5.32 Å². The Bertz CT molecular complexity index is 801. The van der Waals surface area contributed by atoms with Crippen molar-refractivity contribution in [2.75, 3.05) is 11.9 Å². The normalized spacial score (nSPS) is 25.1. The Balaban J connectivity index is 1.37. The van der Waals surface area contributed by atoms with Crippen LogP contribution >= 0.6 is 11.3 Å². The van der Waals surface area contributed by atoms with Crippen LogP contribution in [0.5, 0.6) is 0 Å². The second-order valence-electron chi connectivity index (χ2n) is 7.73. The van der Waals surface area contributed by atoms with E-state index in [1.54, 1.807) is 12.1 Å². The Morgan fingerprint density at radius 2 is 2.26 bits per heavy atom. The molecule has 4 rings (SSSR count). The molecule has 1 aliphatic carbocycles. The van der Waals surface area contributed by atoms with Gasteiger partial charge in [0.05, 0.1) is 18.4 Å². The number of thiazole rings is 1. The summed E-state index contributed by atoms with van der Waals surface area (Å²) in [7, 11) is 0. The van der Waals surface area contributed by atoms with Gasteiger partial charge >= 0.3 is 0 Å². The fourth-order valence-corrected chi connectivity index (χ4v) is 5.18. The van der Waals surface area contributed by atoms with E-state index >= 15 is 0 Å². The fourth-order valence-electron chi connectivity index (χ4n) is 4.47. The molecule has 2 fully saturated rings. The first-order valence-electron chi connectivity index (χ1n) is 9.69. The second-order valence-corrected chi connectivity index (χ2v) is 8.59. The van der Waals surface area contributed by atoms with E-state index in [1.165, 1.54) is 36.9 Å². The van der Waals surface area contributed by atoms with Crippen molar-refractivity contribution in [3.8, 4) is 0 Å². The Hall–Kier alpha value is -2.15. The van der Waals surface area contributed by atoms with Crippen molar-refractivity contribution in [3.05, 3.63) is 35.2 Å². The van der Waals surface area contributed by atoms with Gasteiger partial charge in [-0.3, -0.25) is 14.9 Å². The Morgan fingerprint density at radius 1 is 1.37 bits per heavy atom. The third-order valence-electron chi connectivity index (χ3n) is 5.75. The Labute approximate surface area is 163 Å². The molecule has 1 saturated heterocycles. The van der Waals surface area contributed by atoms with E-state index in [1.807, 2.05) is 5.38 Å². The van der Waals surface area contributed by atoms with E-state index in [2.05, 4.69) is 22.1 Å². The number of aromatic nitrogens is 1. The summed E-state index contributed by atoms with van der Waals surface area (Å²) in [6.45, 7) is 3.19. The number of furan rings is 1. The molecule has 6 nitrogen and oxygen atoms in total. The van der Waals surface area contributed by atoms with E-state index in [9.17, 15) is 9.59 Å². The number of carbonyl (C=O) groups excluding carboxylic acids is 2. The standard InChI is InChI=1S/C20H25N3O3S/c1-13-6-7-16-14(10-13)4-2-8-23(16)18(24)11-15-12-27-20(21-15)22-19(25)17-5-3-9-26-17/h3,5,9,12-14,16H,2,4,6-8,10-11H2,1H3,(H,21,22,25)/t13-,14-,16+/m1/s1. The molecule has 2 aromatic rings. The summed E-state index contributed by atoms with van der Waals surface area (Å²) >= 11 is 1.33. The fraction of sp³-hybridized carbons (Fsp3) is 0.550. The lowest BCUT2D eigenvalue weighted by Gasteiger charge is -2.45. The van der Waals surface area contributed by atoms with Gasteiger partial charge in [-0.05, 0) is 56.1 Å². The van der Waals surface area contributed by atoms with Gasteiger partial charge in [0.1, 0.15) is 0 Å². The van der Waals surface area contributed by atoms with Gasteiger partial charge < -0.3 is 9.32 Å². The van der Waals surface area contributed by atoms with Gasteiger partial charge in [0, 0.05) is 18.0 Å². The molecule has 144 valence electrons. The van der Waals surface area contributed by atoms with Gasteiger partial charge in [0.2, 0.25) is 5.91 Å². The first kappa shape index (κ1) is 18.2. The summed E-state index contributed by atoms with van der Waals surface area (Å²) in [4.78, 5) is 31.4. The van der Waals surface area contributed by atoms with E-state index in [0.717, 1.165) is 25.3 Å². The van der Waals surface area contributed by atoms with Crippen LogP contribution in [0.4, 0.5) is 5.13 Å². The summed E-state index contributed by atoms with van der Waals surface area (Å²) in [5, 5.41) is 5.05. The SMILES string of the molecule is C[C@@H]1CC[C@H]2[C@H](CCCN2C(=O)Cc2csc(NC(=O)c3ccco3)n2)C1. The molecule has 3 atom stereocenters. The van der Waals surface area contributed by atoms with Gasteiger partial charge in [-0.25, -0.2) is 4.98 Å². The number of fused-ring (bicyclic) bond motifs is 1. The predicted molar refractivity (Wildman–Crippen MR) is 104 cm³/mol. The van der Waals surface area contributed by atoms with Crippen molar-refractivity contribution in [3.63, 3.8) is 0 Å². The lowest BCUT2D eigenvalue weighted by atomic mass is 9.74. The monoisotopic (exact) mass is 387 g/mol. The van der Waals surface area contributed by atoms with Crippen LogP contribution in [-0.2, 0) is 11.2 Å². The molecule has 0 spiro atoms. The zero-order valence-electron chi connectivity index (χ0n) is 15.5. The molecule has 3 heterocycles. The molecule has 1 saturated carbocycles. The second kappa shape index (κ2) is 7.84. The van der Waals surface area contributed by atoms with Crippen molar-refractivity contribution in [2.24, 2.45) is 11.8 Å². The third-order valence-corrected chi connectivity index (χ3v) is 6.56. The molecule has 0 aromatic carbocycles. The van der Waals surface area contributed by atoms with E-state index in [-0.39, 0.29) is 17.6 Å². The number of piperidine rings is 1. The summed E-state index contributed by atoms with van der Waals surface area (Å²) in [6, 6.07) is 3.67. The number of hydrogen-bond donors (Lipinski definition) is 1. The van der Waals surface area contributed by atoms with Crippen LogP contribution in [0.3, 0.4) is 0 Å². The highest BCUT2D eigenvalue weighted by atomic mass is 32.1. The maximum absolute atomic E-state index is 12.9. The highest BCUT2D eigenvalue weighted by molar-refractivity contribution is 7.14. The first-order valence-corrected chi connectivity index (χ1v) is 10.6. The van der Waals surface area contributed by atoms with Crippen molar-refractivity contribution in [1.82, 2.24) is 9.88 Å². The van der Waals surface area contributed by atoms with Crippen LogP contribution in [0.2, 0.25) is 0 Å². The molecule has 7 heteroatoms. The molecular formula is C20H25N3O3S. The van der Waals surface area contributed by atoms with Crippen molar-refractivity contribution < 1.29 is 14.0 Å². The summed E-state index contributed by atoms with van der Waals surface area (Å²) in [6.07, 6.45) is 7.68. The van der Waals surface area contributed by atoms with E-state index < -0.39 is 0 Å². The predicted octanol–water partition coefficient (Wildman–Crippen LogP) is 3.96. The van der Waals surface area contributed by atoms with Crippen molar-refractivity contribution >= 4 is 28.3 Å².